The van der Waals surface area contributed by atoms with Gasteiger partial charge in [-0.15, -0.1) is 0 Å². The van der Waals surface area contributed by atoms with Gasteiger partial charge in [-0.3, -0.25) is 4.90 Å². The van der Waals surface area contributed by atoms with Gasteiger partial charge in [-0.25, -0.2) is 24.0 Å². The molecule has 1 aliphatic heterocycles. The number of alkyl carbamates (subject to hydrolysis) is 1. The number of ether oxygens (including phenoxy) is 4. The minimum absolute atomic E-state index is 0.00273. The number of nitrogens with zero attached hydrogens (tertiary/aromatic N) is 1. The summed E-state index contributed by atoms with van der Waals surface area (Å²) in [4.78, 5) is 63.0. The quantitative estimate of drug-likeness (QED) is 0.200. The molecule has 0 aliphatic carbocycles. The van der Waals surface area contributed by atoms with Crippen LogP contribution < -0.4 is 17.0 Å². The first-order chi connectivity index (χ1) is 19.4. The van der Waals surface area contributed by atoms with Crippen molar-refractivity contribution in [3.05, 3.63) is 44.3 Å². The molecule has 41 heavy (non-hydrogen) atoms. The van der Waals surface area contributed by atoms with Crippen LogP contribution in [0.3, 0.4) is 0 Å². The Morgan fingerprint density at radius 2 is 1.49 bits per heavy atom. The van der Waals surface area contributed by atoms with Crippen LogP contribution in [-0.4, -0.2) is 72.5 Å². The Bertz CT molecular complexity index is 1280. The van der Waals surface area contributed by atoms with Crippen molar-refractivity contribution in [3.63, 3.8) is 0 Å². The average Bonchev–Trinajstić information content (AvgIpc) is 3.42. The van der Waals surface area contributed by atoms with Crippen LogP contribution in [0.1, 0.15) is 49.7 Å². The first-order valence-electron chi connectivity index (χ1n) is 12.9. The summed E-state index contributed by atoms with van der Waals surface area (Å²) in [7, 11) is 0. The summed E-state index contributed by atoms with van der Waals surface area (Å²) in [5, 5.41) is 1.61. The number of hydrogen-bond donors (Lipinski definition) is 1. The molecule has 2 aromatic rings. The molecular weight excluding hydrogens is 568 g/mol. The molecule has 1 aliphatic rings. The largest absolute Gasteiger partial charge is 0.519 e. The van der Waals surface area contributed by atoms with Gasteiger partial charge in [0.05, 0.1) is 24.6 Å². The predicted molar refractivity (Wildman–Crippen MR) is 140 cm³/mol. The monoisotopic (exact) mass is 602 g/mol. The summed E-state index contributed by atoms with van der Waals surface area (Å²) >= 11 is 0.619. The fourth-order valence-corrected chi connectivity index (χ4v) is 4.59. The van der Waals surface area contributed by atoms with E-state index in [1.165, 1.54) is 27.7 Å². The SMILES string of the molecule is Cc1oc(=O)oc1COC(=O)N[C@@H](C(=O)OCCCCN1CCOCC1)C(C)(C)SC(=O)OCc1oc(=O)oc1C. The molecule has 1 N–H and O–H groups in total. The van der Waals surface area contributed by atoms with Crippen molar-refractivity contribution in [2.24, 2.45) is 0 Å². The highest BCUT2D eigenvalue weighted by atomic mass is 32.2. The highest BCUT2D eigenvalue weighted by Crippen LogP contribution is 2.31. The maximum Gasteiger partial charge on any atom is 0.519 e. The van der Waals surface area contributed by atoms with Crippen molar-refractivity contribution in [2.45, 2.75) is 64.5 Å². The second kappa shape index (κ2) is 14.9. The molecule has 1 amide bonds. The first kappa shape index (κ1) is 32.0. The first-order valence-corrected chi connectivity index (χ1v) is 13.7. The molecule has 1 atom stereocenters. The topological polar surface area (TPSA) is 190 Å². The van der Waals surface area contributed by atoms with Crippen LogP contribution in [0.2, 0.25) is 0 Å². The number of thioether (sulfide) groups is 1. The second-order valence-corrected chi connectivity index (χ2v) is 11.2. The maximum atomic E-state index is 13.1. The number of carbonyl (C=O) groups excluding carboxylic acids is 3. The van der Waals surface area contributed by atoms with Gasteiger partial charge in [0.1, 0.15) is 6.04 Å². The molecule has 0 radical (unpaired) electrons. The Labute approximate surface area is 238 Å². The lowest BCUT2D eigenvalue weighted by molar-refractivity contribution is -0.146. The smallest absolute Gasteiger partial charge is 0.464 e. The lowest BCUT2D eigenvalue weighted by atomic mass is 10.0. The van der Waals surface area contributed by atoms with Crippen molar-refractivity contribution in [1.29, 1.82) is 0 Å². The number of esters is 1. The van der Waals surface area contributed by atoms with E-state index >= 15 is 0 Å². The Balaban J connectivity index is 1.58. The minimum Gasteiger partial charge on any atom is -0.464 e. The third-order valence-electron chi connectivity index (χ3n) is 6.08. The molecule has 228 valence electrons. The summed E-state index contributed by atoms with van der Waals surface area (Å²) < 4.78 is 38.8. The molecular formula is C25H34N2O13S. The van der Waals surface area contributed by atoms with E-state index in [-0.39, 0.29) is 36.3 Å². The molecule has 0 saturated carbocycles. The summed E-state index contributed by atoms with van der Waals surface area (Å²) in [5.74, 6) is -2.32. The normalized spacial score (nSPS) is 14.8. The molecule has 15 nitrogen and oxygen atoms in total. The zero-order chi connectivity index (χ0) is 30.0. The van der Waals surface area contributed by atoms with E-state index in [0.29, 0.717) is 31.4 Å². The second-order valence-electron chi connectivity index (χ2n) is 9.59. The van der Waals surface area contributed by atoms with Crippen LogP contribution in [0, 0.1) is 13.8 Å². The number of aryl methyl sites for hydroxylation is 2. The number of amides is 1. The predicted octanol–water partition coefficient (Wildman–Crippen LogP) is 2.49. The van der Waals surface area contributed by atoms with Gasteiger partial charge in [-0.2, -0.15) is 0 Å². The standard InChI is InChI=1S/C25H34N2O13S/c1-15-17(39-22(30)37-15)13-35-21(29)26-19(20(28)34-10-6-5-7-27-8-11-33-12-9-27)25(3,4)41-24(32)36-14-18-16(2)38-23(31)40-18/h19H,5-14H2,1-4H3,(H,26,29)/t19-/m0/s1. The minimum atomic E-state index is -1.35. The van der Waals surface area contributed by atoms with E-state index in [4.69, 9.17) is 36.6 Å². The number of morpholine rings is 1. The van der Waals surface area contributed by atoms with Crippen LogP contribution in [0.4, 0.5) is 9.59 Å². The Morgan fingerprint density at radius 1 is 0.902 bits per heavy atom. The van der Waals surface area contributed by atoms with Crippen molar-refractivity contribution in [1.82, 2.24) is 10.2 Å². The van der Waals surface area contributed by atoms with Crippen LogP contribution in [-0.2, 0) is 37.0 Å². The number of nitrogens with one attached hydrogen (secondary N) is 1. The van der Waals surface area contributed by atoms with Crippen LogP contribution in [0.5, 0.6) is 0 Å². The molecule has 0 aromatic carbocycles. The summed E-state index contributed by atoms with van der Waals surface area (Å²) in [6, 6.07) is -1.35. The Morgan fingerprint density at radius 3 is 2.05 bits per heavy atom. The van der Waals surface area contributed by atoms with E-state index < -0.39 is 46.4 Å². The third kappa shape index (κ3) is 10.1. The highest BCUT2D eigenvalue weighted by molar-refractivity contribution is 8.14. The van der Waals surface area contributed by atoms with Crippen molar-refractivity contribution >= 4 is 29.1 Å². The van der Waals surface area contributed by atoms with E-state index in [0.717, 1.165) is 26.1 Å². The van der Waals surface area contributed by atoms with Crippen molar-refractivity contribution in [3.8, 4) is 0 Å². The molecule has 1 saturated heterocycles. The van der Waals surface area contributed by atoms with Gasteiger partial charge in [-0.1, -0.05) is 0 Å². The van der Waals surface area contributed by atoms with Gasteiger partial charge in [0.15, 0.2) is 36.3 Å². The van der Waals surface area contributed by atoms with Gasteiger partial charge >= 0.3 is 29.0 Å². The zero-order valence-electron chi connectivity index (χ0n) is 23.3. The maximum absolute atomic E-state index is 13.1. The van der Waals surface area contributed by atoms with Gasteiger partial charge in [0.2, 0.25) is 0 Å². The third-order valence-corrected chi connectivity index (χ3v) is 7.13. The average molecular weight is 603 g/mol. The number of hydrogen-bond acceptors (Lipinski definition) is 15. The molecule has 0 bridgehead atoms. The molecule has 3 heterocycles. The van der Waals surface area contributed by atoms with Gasteiger partial charge in [0, 0.05) is 13.1 Å². The fourth-order valence-electron chi connectivity index (χ4n) is 3.77. The van der Waals surface area contributed by atoms with Crippen molar-refractivity contribution < 1.29 is 51.0 Å². The van der Waals surface area contributed by atoms with Gasteiger partial charge in [0.25, 0.3) is 0 Å². The van der Waals surface area contributed by atoms with Gasteiger partial charge in [-0.05, 0) is 58.8 Å². The molecule has 0 unspecified atom stereocenters. The van der Waals surface area contributed by atoms with Crippen LogP contribution >= 0.6 is 11.8 Å². The lowest BCUT2D eigenvalue weighted by Crippen LogP contribution is -2.53. The van der Waals surface area contributed by atoms with E-state index in [2.05, 4.69) is 10.2 Å². The fraction of sp³-hybridized carbons (Fsp3) is 0.640. The Hall–Kier alpha value is -3.50. The van der Waals surface area contributed by atoms with Crippen LogP contribution in [0.25, 0.3) is 0 Å². The zero-order valence-corrected chi connectivity index (χ0v) is 24.1. The Kier molecular flexibility index (Phi) is 11.7. The number of rotatable bonds is 13. The van der Waals surface area contributed by atoms with E-state index in [9.17, 15) is 24.0 Å². The lowest BCUT2D eigenvalue weighted by Gasteiger charge is -2.31. The number of carbonyl (C=O) groups is 3. The summed E-state index contributed by atoms with van der Waals surface area (Å²) in [6.45, 7) is 9.21. The molecule has 3 rings (SSSR count). The van der Waals surface area contributed by atoms with Crippen LogP contribution in [0.15, 0.2) is 27.3 Å². The van der Waals surface area contributed by atoms with E-state index in [1.807, 2.05) is 0 Å². The van der Waals surface area contributed by atoms with Crippen molar-refractivity contribution in [2.75, 3.05) is 39.5 Å². The highest BCUT2D eigenvalue weighted by Gasteiger charge is 2.41. The summed E-state index contributed by atoms with van der Waals surface area (Å²) in [5.41, 5.74) is 0. The summed E-state index contributed by atoms with van der Waals surface area (Å²) in [6.07, 6.45) is 0.348. The molecule has 2 aromatic heterocycles. The van der Waals surface area contributed by atoms with E-state index in [1.54, 1.807) is 0 Å². The number of unbranched alkanes of at least 4 members (excludes halogenated alkanes) is 1. The molecule has 1 fully saturated rings. The molecule has 0 spiro atoms. The van der Waals surface area contributed by atoms with Gasteiger partial charge < -0.3 is 41.9 Å². The molecule has 16 heteroatoms.